The maximum Gasteiger partial charge on any atom is 0.244 e. The summed E-state index contributed by atoms with van der Waals surface area (Å²) < 4.78 is 27.1. The fraction of sp³-hybridized carbons (Fsp3) is 0.714. The second kappa shape index (κ2) is 6.77. The van der Waals surface area contributed by atoms with E-state index in [-0.39, 0.29) is 5.88 Å². The van der Waals surface area contributed by atoms with Crippen molar-refractivity contribution in [2.75, 3.05) is 13.1 Å². The summed E-state index contributed by atoms with van der Waals surface area (Å²) in [6.45, 7) is 5.70. The van der Waals surface area contributed by atoms with Crippen molar-refractivity contribution in [3.05, 3.63) is 16.3 Å². The zero-order chi connectivity index (χ0) is 14.8. The van der Waals surface area contributed by atoms with Crippen LogP contribution in [0.1, 0.15) is 38.0 Å². The van der Waals surface area contributed by atoms with Crippen LogP contribution in [0.3, 0.4) is 0 Å². The topological polar surface area (TPSA) is 37.4 Å². The highest BCUT2D eigenvalue weighted by Crippen LogP contribution is 2.30. The number of sulfonamides is 1. The number of rotatable bonds is 4. The molecule has 114 valence electrons. The summed E-state index contributed by atoms with van der Waals surface area (Å²) in [5.41, 5.74) is 0. The Morgan fingerprint density at radius 1 is 1.40 bits per heavy atom. The zero-order valence-electron chi connectivity index (χ0n) is 12.0. The fourth-order valence-corrected chi connectivity index (χ4v) is 5.97. The monoisotopic (exact) mass is 335 g/mol. The van der Waals surface area contributed by atoms with Gasteiger partial charge in [-0.1, -0.05) is 13.8 Å². The molecule has 1 aliphatic heterocycles. The Morgan fingerprint density at radius 3 is 2.80 bits per heavy atom. The summed E-state index contributed by atoms with van der Waals surface area (Å²) in [4.78, 5) is 1.15. The molecule has 2 rings (SSSR count). The minimum atomic E-state index is -3.37. The van der Waals surface area contributed by atoms with Crippen molar-refractivity contribution in [3.63, 3.8) is 0 Å². The van der Waals surface area contributed by atoms with Crippen LogP contribution in [0.4, 0.5) is 0 Å². The predicted molar refractivity (Wildman–Crippen MR) is 84.8 cm³/mol. The van der Waals surface area contributed by atoms with Crippen LogP contribution in [0.5, 0.6) is 0 Å². The number of halogens is 1. The van der Waals surface area contributed by atoms with Gasteiger partial charge in [-0.2, -0.15) is 4.31 Å². The van der Waals surface area contributed by atoms with E-state index in [1.165, 1.54) is 11.3 Å². The lowest BCUT2D eigenvalue weighted by molar-refractivity contribution is 0.341. The molecular weight excluding hydrogens is 314 g/mol. The average Bonchev–Trinajstić information content (AvgIpc) is 2.74. The van der Waals surface area contributed by atoms with Gasteiger partial charge in [0, 0.05) is 18.0 Å². The van der Waals surface area contributed by atoms with Crippen LogP contribution in [0.2, 0.25) is 0 Å². The molecule has 3 nitrogen and oxygen atoms in total. The molecule has 1 unspecified atom stereocenters. The van der Waals surface area contributed by atoms with Gasteiger partial charge in [-0.3, -0.25) is 0 Å². The molecule has 1 atom stereocenters. The molecule has 1 fully saturated rings. The van der Waals surface area contributed by atoms with Crippen LogP contribution < -0.4 is 0 Å². The molecule has 20 heavy (non-hydrogen) atoms. The van der Waals surface area contributed by atoms with Gasteiger partial charge in [-0.15, -0.1) is 22.9 Å². The van der Waals surface area contributed by atoms with Gasteiger partial charge in [-0.05, 0) is 42.5 Å². The van der Waals surface area contributed by atoms with Crippen molar-refractivity contribution in [2.45, 2.75) is 43.9 Å². The van der Waals surface area contributed by atoms with Crippen LogP contribution in [0, 0.1) is 11.8 Å². The van der Waals surface area contributed by atoms with E-state index in [2.05, 4.69) is 13.8 Å². The lowest BCUT2D eigenvalue weighted by atomic mass is 9.89. The molecule has 0 aliphatic carbocycles. The Kier molecular flexibility index (Phi) is 5.51. The molecule has 1 aliphatic rings. The van der Waals surface area contributed by atoms with Crippen molar-refractivity contribution >= 4 is 33.0 Å². The molecule has 0 aromatic carbocycles. The van der Waals surface area contributed by atoms with Crippen molar-refractivity contribution < 1.29 is 8.42 Å². The first-order valence-electron chi connectivity index (χ1n) is 7.09. The third-order valence-corrected chi connectivity index (χ3v) is 7.58. The van der Waals surface area contributed by atoms with Crippen molar-refractivity contribution in [1.29, 1.82) is 0 Å². The largest absolute Gasteiger partial charge is 0.244 e. The Morgan fingerprint density at radius 2 is 2.15 bits per heavy atom. The van der Waals surface area contributed by atoms with Gasteiger partial charge in [-0.25, -0.2) is 8.42 Å². The quantitative estimate of drug-likeness (QED) is 0.782. The van der Waals surface area contributed by atoms with Gasteiger partial charge < -0.3 is 0 Å². The van der Waals surface area contributed by atoms with Crippen molar-refractivity contribution in [1.82, 2.24) is 4.31 Å². The normalized spacial score (nSPS) is 22.1. The molecule has 2 heterocycles. The first-order chi connectivity index (χ1) is 9.46. The summed E-state index contributed by atoms with van der Waals surface area (Å²) in [7, 11) is -3.37. The summed E-state index contributed by atoms with van der Waals surface area (Å²) in [6, 6.07) is 1.68. The molecule has 1 aromatic rings. The molecule has 0 saturated carbocycles. The summed E-state index contributed by atoms with van der Waals surface area (Å²) >= 11 is 7.26. The number of thiophene rings is 1. The highest BCUT2D eigenvalue weighted by atomic mass is 35.5. The predicted octanol–water partition coefficient (Wildman–Crippen LogP) is 3.93. The van der Waals surface area contributed by atoms with E-state index in [1.807, 2.05) is 0 Å². The molecule has 0 spiro atoms. The van der Waals surface area contributed by atoms with E-state index in [0.29, 0.717) is 29.8 Å². The maximum absolute atomic E-state index is 12.7. The van der Waals surface area contributed by atoms with Crippen molar-refractivity contribution in [2.24, 2.45) is 11.8 Å². The lowest BCUT2D eigenvalue weighted by Gasteiger charge is -2.21. The lowest BCUT2D eigenvalue weighted by Crippen LogP contribution is -2.32. The Labute approximate surface area is 131 Å². The third-order valence-electron chi connectivity index (χ3n) is 4.12. The highest BCUT2D eigenvalue weighted by molar-refractivity contribution is 7.89. The average molecular weight is 336 g/mol. The van der Waals surface area contributed by atoms with Crippen LogP contribution in [0.15, 0.2) is 16.3 Å². The van der Waals surface area contributed by atoms with E-state index in [0.717, 1.165) is 24.1 Å². The van der Waals surface area contributed by atoms with Crippen LogP contribution >= 0.6 is 22.9 Å². The maximum atomic E-state index is 12.7. The molecule has 1 saturated heterocycles. The third kappa shape index (κ3) is 3.38. The molecule has 0 N–H and O–H groups in total. The standard InChI is InChI=1S/C14H22ClNO2S2/c1-11(2)12-4-3-7-16(8-5-12)20(17,18)14-6-9-19-13(14)10-15/h6,9,11-12H,3-5,7-8,10H2,1-2H3. The summed E-state index contributed by atoms with van der Waals surface area (Å²) in [6.07, 6.45) is 3.02. The zero-order valence-corrected chi connectivity index (χ0v) is 14.4. The molecule has 0 radical (unpaired) electrons. The number of hydrogen-bond donors (Lipinski definition) is 0. The van der Waals surface area contributed by atoms with Gasteiger partial charge in [0.2, 0.25) is 10.0 Å². The minimum absolute atomic E-state index is 0.259. The van der Waals surface area contributed by atoms with Crippen molar-refractivity contribution in [3.8, 4) is 0 Å². The first-order valence-corrected chi connectivity index (χ1v) is 9.94. The smallest absolute Gasteiger partial charge is 0.207 e. The van der Waals surface area contributed by atoms with Crippen LogP contribution in [-0.4, -0.2) is 25.8 Å². The van der Waals surface area contributed by atoms with Crippen LogP contribution in [-0.2, 0) is 15.9 Å². The molecule has 0 bridgehead atoms. The SMILES string of the molecule is CC(C)C1CCCN(S(=O)(=O)c2ccsc2CCl)CC1. The van der Waals surface area contributed by atoms with Gasteiger partial charge in [0.05, 0.1) is 10.8 Å². The summed E-state index contributed by atoms with van der Waals surface area (Å²) in [5.74, 6) is 1.51. The molecule has 1 aromatic heterocycles. The number of hydrogen-bond acceptors (Lipinski definition) is 3. The van der Waals surface area contributed by atoms with E-state index in [4.69, 9.17) is 11.6 Å². The van der Waals surface area contributed by atoms with E-state index in [9.17, 15) is 8.42 Å². The molecular formula is C14H22ClNO2S2. The minimum Gasteiger partial charge on any atom is -0.207 e. The van der Waals surface area contributed by atoms with Gasteiger partial charge >= 0.3 is 0 Å². The number of nitrogens with zero attached hydrogens (tertiary/aromatic N) is 1. The van der Waals surface area contributed by atoms with Gasteiger partial charge in [0.1, 0.15) is 0 Å². The van der Waals surface area contributed by atoms with E-state index < -0.39 is 10.0 Å². The van der Waals surface area contributed by atoms with Crippen LogP contribution in [0.25, 0.3) is 0 Å². The first kappa shape index (κ1) is 16.3. The highest BCUT2D eigenvalue weighted by Gasteiger charge is 2.30. The molecule has 0 amide bonds. The Hall–Kier alpha value is -0.100. The molecule has 6 heteroatoms. The Balaban J connectivity index is 2.18. The van der Waals surface area contributed by atoms with E-state index in [1.54, 1.807) is 15.8 Å². The second-order valence-electron chi connectivity index (χ2n) is 5.68. The van der Waals surface area contributed by atoms with E-state index >= 15 is 0 Å². The second-order valence-corrected chi connectivity index (χ2v) is 8.86. The number of alkyl halides is 1. The fourth-order valence-electron chi connectivity index (χ4n) is 2.80. The Bertz CT molecular complexity index is 539. The summed E-state index contributed by atoms with van der Waals surface area (Å²) in [5, 5.41) is 1.80. The van der Waals surface area contributed by atoms with Gasteiger partial charge in [0.15, 0.2) is 0 Å². The van der Waals surface area contributed by atoms with Gasteiger partial charge in [0.25, 0.3) is 0 Å².